The summed E-state index contributed by atoms with van der Waals surface area (Å²) in [6, 6.07) is 63.3. The lowest BCUT2D eigenvalue weighted by Gasteiger charge is -2.11. The number of rotatable bonds is 5. The lowest BCUT2D eigenvalue weighted by molar-refractivity contribution is 1.03. The molecule has 0 radical (unpaired) electrons. The molecule has 4 heterocycles. The first kappa shape index (κ1) is 30.2. The van der Waals surface area contributed by atoms with Gasteiger partial charge >= 0.3 is 0 Å². The summed E-state index contributed by atoms with van der Waals surface area (Å²) in [7, 11) is 0. The van der Waals surface area contributed by atoms with Crippen LogP contribution >= 0.6 is 0 Å². The van der Waals surface area contributed by atoms with Crippen LogP contribution in [0.25, 0.3) is 100 Å². The third-order valence-electron chi connectivity index (χ3n) is 10.4. The number of benzene rings is 7. The lowest BCUT2D eigenvalue weighted by atomic mass is 10.0. The van der Waals surface area contributed by atoms with Crippen LogP contribution in [0.4, 0.5) is 0 Å². The third-order valence-corrected chi connectivity index (χ3v) is 10.4. The fourth-order valence-corrected chi connectivity index (χ4v) is 7.95. The van der Waals surface area contributed by atoms with Crippen molar-refractivity contribution in [1.29, 1.82) is 0 Å². The summed E-state index contributed by atoms with van der Waals surface area (Å²) in [5.41, 5.74) is 8.09. The van der Waals surface area contributed by atoms with Crippen LogP contribution in [0, 0.1) is 0 Å². The van der Waals surface area contributed by atoms with Gasteiger partial charge in [0.25, 0.3) is 0 Å². The van der Waals surface area contributed by atoms with Crippen LogP contribution in [0.3, 0.4) is 0 Å². The molecule has 0 amide bonds. The molecule has 11 aromatic rings. The first-order chi connectivity index (χ1) is 26.8. The molecule has 7 aromatic carbocycles. The average Bonchev–Trinajstić information content (AvgIpc) is 3.76. The van der Waals surface area contributed by atoms with E-state index in [1.54, 1.807) is 0 Å². The number of hydrogen-bond donors (Lipinski definition) is 0. The molecule has 0 saturated carbocycles. The van der Waals surface area contributed by atoms with Gasteiger partial charge in [-0.2, -0.15) is 0 Å². The Balaban J connectivity index is 1.18. The van der Waals surface area contributed by atoms with Gasteiger partial charge in [0.1, 0.15) is 11.5 Å². The Hall–Kier alpha value is -7.44. The minimum Gasteiger partial charge on any atom is -0.309 e. The van der Waals surface area contributed by atoms with Crippen LogP contribution in [-0.4, -0.2) is 29.1 Å². The Morgan fingerprint density at radius 1 is 0.333 bits per heavy atom. The summed E-state index contributed by atoms with van der Waals surface area (Å²) in [4.78, 5) is 20.2. The van der Waals surface area contributed by atoms with E-state index in [9.17, 15) is 0 Å². The molecule has 0 saturated heterocycles. The molecule has 6 heteroatoms. The molecule has 6 nitrogen and oxygen atoms in total. The van der Waals surface area contributed by atoms with E-state index in [0.29, 0.717) is 23.2 Å². The van der Waals surface area contributed by atoms with Gasteiger partial charge in [0, 0.05) is 38.4 Å². The van der Waals surface area contributed by atoms with Crippen molar-refractivity contribution in [3.63, 3.8) is 0 Å². The van der Waals surface area contributed by atoms with Crippen LogP contribution in [-0.2, 0) is 0 Å². The van der Waals surface area contributed by atoms with E-state index in [0.717, 1.165) is 39.2 Å². The van der Waals surface area contributed by atoms with Gasteiger partial charge in [0.2, 0.25) is 0 Å². The highest BCUT2D eigenvalue weighted by atomic mass is 15.1. The van der Waals surface area contributed by atoms with Gasteiger partial charge in [-0.15, -0.1) is 0 Å². The van der Waals surface area contributed by atoms with Crippen molar-refractivity contribution >= 4 is 54.4 Å². The molecule has 0 aliphatic rings. The van der Waals surface area contributed by atoms with Crippen molar-refractivity contribution in [2.24, 2.45) is 0 Å². The zero-order valence-corrected chi connectivity index (χ0v) is 29.0. The molecule has 0 aliphatic carbocycles. The maximum atomic E-state index is 5.30. The van der Waals surface area contributed by atoms with Crippen LogP contribution in [0.5, 0.6) is 0 Å². The number of aromatic nitrogens is 6. The predicted octanol–water partition coefficient (Wildman–Crippen LogP) is 11.6. The molecule has 0 fully saturated rings. The molecular formula is C48H30N6. The molecule has 0 bridgehead atoms. The molecular weight excluding hydrogens is 661 g/mol. The maximum absolute atomic E-state index is 5.30. The number of para-hydroxylation sites is 2. The van der Waals surface area contributed by atoms with Gasteiger partial charge < -0.3 is 4.57 Å². The smallest absolute Gasteiger partial charge is 0.182 e. The Morgan fingerprint density at radius 2 is 0.944 bits per heavy atom. The number of nitrogens with zero attached hydrogens (tertiary/aromatic N) is 6. The van der Waals surface area contributed by atoms with Crippen molar-refractivity contribution in [3.05, 3.63) is 182 Å². The summed E-state index contributed by atoms with van der Waals surface area (Å²) < 4.78 is 4.67. The Labute approximate surface area is 310 Å². The largest absolute Gasteiger partial charge is 0.309 e. The third kappa shape index (κ3) is 4.74. The standard InChI is InChI=1S/C48H30N6/c1-4-16-32(17-5-1)46-50-47(33-18-6-2-7-19-33)52-48(51-46)39-24-14-26-44(49-39)54-40-25-13-12-23-36(40)37-29-38-43(30-42(37)54)53(34-20-8-3-9-21-34)41-28-27-31-15-10-11-22-35(31)45(38)41/h1-30H. The number of fused-ring (bicyclic) bond motifs is 8. The van der Waals surface area contributed by atoms with Crippen molar-refractivity contribution in [2.75, 3.05) is 0 Å². The fraction of sp³-hybridized carbons (Fsp3) is 0. The highest BCUT2D eigenvalue weighted by Crippen LogP contribution is 2.41. The van der Waals surface area contributed by atoms with Crippen LogP contribution in [0.1, 0.15) is 0 Å². The molecule has 4 aromatic heterocycles. The average molecular weight is 691 g/mol. The minimum absolute atomic E-state index is 0.517. The summed E-state index contributed by atoms with van der Waals surface area (Å²) in [6.45, 7) is 0. The summed E-state index contributed by atoms with van der Waals surface area (Å²) in [5, 5.41) is 7.28. The molecule has 54 heavy (non-hydrogen) atoms. The maximum Gasteiger partial charge on any atom is 0.182 e. The molecule has 0 unspecified atom stereocenters. The van der Waals surface area contributed by atoms with E-state index < -0.39 is 0 Å². The van der Waals surface area contributed by atoms with Gasteiger partial charge in [-0.3, -0.25) is 4.57 Å². The van der Waals surface area contributed by atoms with E-state index >= 15 is 0 Å². The van der Waals surface area contributed by atoms with Gasteiger partial charge in [-0.05, 0) is 59.3 Å². The van der Waals surface area contributed by atoms with E-state index in [-0.39, 0.29) is 0 Å². The SMILES string of the molecule is c1ccc(-c2nc(-c3ccccc3)nc(-c3cccc(-n4c5ccccc5c5cc6c7c8ccccc8ccc7n(-c7ccccc7)c6cc54)n3)n2)cc1. The lowest BCUT2D eigenvalue weighted by Crippen LogP contribution is -2.03. The zero-order chi connectivity index (χ0) is 35.6. The fourth-order valence-electron chi connectivity index (χ4n) is 7.95. The predicted molar refractivity (Wildman–Crippen MR) is 220 cm³/mol. The topological polar surface area (TPSA) is 61.4 Å². The first-order valence-electron chi connectivity index (χ1n) is 18.1. The molecule has 0 N–H and O–H groups in total. The van der Waals surface area contributed by atoms with Gasteiger partial charge in [0.15, 0.2) is 17.5 Å². The summed E-state index contributed by atoms with van der Waals surface area (Å²) in [6.07, 6.45) is 0. The Bertz CT molecular complexity index is 3140. The molecule has 252 valence electrons. The van der Waals surface area contributed by atoms with Gasteiger partial charge in [0.05, 0.1) is 22.1 Å². The van der Waals surface area contributed by atoms with Crippen LogP contribution in [0.15, 0.2) is 182 Å². The molecule has 11 rings (SSSR count). The molecule has 0 spiro atoms. The van der Waals surface area contributed by atoms with Crippen molar-refractivity contribution in [1.82, 2.24) is 29.1 Å². The number of pyridine rings is 1. The highest BCUT2D eigenvalue weighted by Gasteiger charge is 2.21. The van der Waals surface area contributed by atoms with E-state index in [2.05, 4.69) is 118 Å². The van der Waals surface area contributed by atoms with Crippen LogP contribution < -0.4 is 0 Å². The monoisotopic (exact) mass is 690 g/mol. The summed E-state index contributed by atoms with van der Waals surface area (Å²) >= 11 is 0. The first-order valence-corrected chi connectivity index (χ1v) is 18.1. The van der Waals surface area contributed by atoms with Gasteiger partial charge in [-0.1, -0.05) is 133 Å². The second kappa shape index (κ2) is 12.1. The van der Waals surface area contributed by atoms with E-state index in [4.69, 9.17) is 19.9 Å². The van der Waals surface area contributed by atoms with Crippen molar-refractivity contribution in [3.8, 4) is 45.8 Å². The second-order valence-electron chi connectivity index (χ2n) is 13.5. The van der Waals surface area contributed by atoms with Crippen molar-refractivity contribution in [2.45, 2.75) is 0 Å². The van der Waals surface area contributed by atoms with Crippen molar-refractivity contribution < 1.29 is 0 Å². The van der Waals surface area contributed by atoms with Gasteiger partial charge in [-0.25, -0.2) is 19.9 Å². The summed E-state index contributed by atoms with van der Waals surface area (Å²) in [5.74, 6) is 2.51. The Kier molecular flexibility index (Phi) is 6.75. The number of hydrogen-bond acceptors (Lipinski definition) is 4. The second-order valence-corrected chi connectivity index (χ2v) is 13.5. The normalized spacial score (nSPS) is 11.7. The Morgan fingerprint density at radius 3 is 1.69 bits per heavy atom. The quantitative estimate of drug-likeness (QED) is 0.180. The van der Waals surface area contributed by atoms with E-state index in [1.807, 2.05) is 72.8 Å². The molecule has 0 atom stereocenters. The highest BCUT2D eigenvalue weighted by molar-refractivity contribution is 6.25. The molecule has 0 aliphatic heterocycles. The van der Waals surface area contributed by atoms with Crippen LogP contribution in [0.2, 0.25) is 0 Å². The zero-order valence-electron chi connectivity index (χ0n) is 29.0. The minimum atomic E-state index is 0.517. The van der Waals surface area contributed by atoms with E-state index in [1.165, 1.54) is 37.8 Å².